The van der Waals surface area contributed by atoms with Gasteiger partial charge in [0.05, 0.1) is 21.7 Å². The van der Waals surface area contributed by atoms with Crippen LogP contribution in [0.2, 0.25) is 0 Å². The monoisotopic (exact) mass is 385 g/mol. The second kappa shape index (κ2) is 7.81. The van der Waals surface area contributed by atoms with Gasteiger partial charge in [-0.15, -0.1) is 0 Å². The van der Waals surface area contributed by atoms with Gasteiger partial charge in [0, 0.05) is 30.8 Å². The lowest BCUT2D eigenvalue weighted by Gasteiger charge is -2.04. The maximum Gasteiger partial charge on any atom is 0.279 e. The second-order valence-electron chi connectivity index (χ2n) is 6.18. The molecule has 0 aliphatic rings. The predicted octanol–water partition coefficient (Wildman–Crippen LogP) is 3.62. The summed E-state index contributed by atoms with van der Waals surface area (Å²) in [7, 11) is 1.62. The van der Waals surface area contributed by atoms with Crippen LogP contribution in [-0.4, -0.2) is 29.1 Å². The molecule has 3 aromatic rings. The topological polar surface area (TPSA) is 86.7 Å². The van der Waals surface area contributed by atoms with Crippen molar-refractivity contribution in [2.24, 2.45) is 4.99 Å². The first-order valence-electron chi connectivity index (χ1n) is 8.33. The molecule has 0 N–H and O–H groups in total. The highest BCUT2D eigenvalue weighted by atomic mass is 32.1. The van der Waals surface area contributed by atoms with Crippen LogP contribution in [0.5, 0.6) is 0 Å². The lowest BCUT2D eigenvalue weighted by atomic mass is 10.1. The lowest BCUT2D eigenvalue weighted by Crippen LogP contribution is -2.19. The number of methoxy groups -OCH3 is 1. The molecule has 0 spiro atoms. The molecule has 0 aliphatic carbocycles. The van der Waals surface area contributed by atoms with Crippen LogP contribution in [0.4, 0.5) is 5.69 Å². The van der Waals surface area contributed by atoms with Crippen LogP contribution in [0, 0.1) is 24.0 Å². The quantitative estimate of drug-likeness (QED) is 0.496. The minimum absolute atomic E-state index is 0.0877. The summed E-state index contributed by atoms with van der Waals surface area (Å²) < 4.78 is 8.12. The predicted molar refractivity (Wildman–Crippen MR) is 104 cm³/mol. The SMILES string of the molecule is COCCn1c(=NC(=O)c2ccc(C)c([N+](=O)[O-])c2)sc2cc(C)ccc21. The van der Waals surface area contributed by atoms with Gasteiger partial charge < -0.3 is 9.30 Å². The number of ether oxygens (including phenoxy) is 1. The maximum atomic E-state index is 12.6. The zero-order valence-corrected chi connectivity index (χ0v) is 16.1. The molecule has 3 rings (SSSR count). The molecule has 1 heterocycles. The molecular weight excluding hydrogens is 366 g/mol. The number of nitro groups is 1. The number of fused-ring (bicyclic) bond motifs is 1. The van der Waals surface area contributed by atoms with E-state index in [1.54, 1.807) is 26.2 Å². The molecule has 0 radical (unpaired) electrons. The maximum absolute atomic E-state index is 12.6. The fourth-order valence-electron chi connectivity index (χ4n) is 2.75. The number of rotatable bonds is 5. The van der Waals surface area contributed by atoms with E-state index in [2.05, 4.69) is 4.99 Å². The van der Waals surface area contributed by atoms with Gasteiger partial charge >= 0.3 is 0 Å². The summed E-state index contributed by atoms with van der Waals surface area (Å²) in [6, 6.07) is 10.4. The first-order chi connectivity index (χ1) is 12.9. The Kier molecular flexibility index (Phi) is 5.48. The third-order valence-corrected chi connectivity index (χ3v) is 5.25. The Morgan fingerprint density at radius 2 is 2.04 bits per heavy atom. The number of aryl methyl sites for hydroxylation is 2. The van der Waals surface area contributed by atoms with Gasteiger partial charge in [0.15, 0.2) is 4.80 Å². The number of hydrogen-bond donors (Lipinski definition) is 0. The van der Waals surface area contributed by atoms with E-state index >= 15 is 0 Å². The molecule has 0 saturated carbocycles. The standard InChI is InChI=1S/C19H19N3O4S/c1-12-4-7-15-17(10-12)27-19(21(15)8-9-26-3)20-18(23)14-6-5-13(2)16(11-14)22(24)25/h4-7,10-11H,8-9H2,1-3H3. The number of carbonyl (C=O) groups is 1. The summed E-state index contributed by atoms with van der Waals surface area (Å²) in [5.74, 6) is -0.507. The summed E-state index contributed by atoms with van der Waals surface area (Å²) in [5.41, 5.74) is 2.71. The van der Waals surface area contributed by atoms with Gasteiger partial charge in [-0.3, -0.25) is 14.9 Å². The number of benzene rings is 2. The Morgan fingerprint density at radius 3 is 2.74 bits per heavy atom. The van der Waals surface area contributed by atoms with Crippen molar-refractivity contribution in [3.63, 3.8) is 0 Å². The number of carbonyl (C=O) groups excluding carboxylic acids is 1. The zero-order valence-electron chi connectivity index (χ0n) is 15.3. The molecule has 8 heteroatoms. The molecule has 0 fully saturated rings. The largest absolute Gasteiger partial charge is 0.383 e. The number of thiazole rings is 1. The molecule has 0 aliphatic heterocycles. The summed E-state index contributed by atoms with van der Waals surface area (Å²) in [6.45, 7) is 4.68. The van der Waals surface area contributed by atoms with E-state index < -0.39 is 10.8 Å². The Balaban J connectivity index is 2.10. The number of nitrogens with zero attached hydrogens (tertiary/aromatic N) is 3. The van der Waals surface area contributed by atoms with Gasteiger partial charge in [0.2, 0.25) is 0 Å². The van der Waals surface area contributed by atoms with E-state index in [1.807, 2.05) is 29.7 Å². The molecule has 7 nitrogen and oxygen atoms in total. The summed E-state index contributed by atoms with van der Waals surface area (Å²) in [5, 5.41) is 11.1. The third kappa shape index (κ3) is 3.96. The highest BCUT2D eigenvalue weighted by molar-refractivity contribution is 7.16. The van der Waals surface area contributed by atoms with Crippen LogP contribution in [0.3, 0.4) is 0 Å². The Bertz CT molecular complexity index is 1100. The molecule has 140 valence electrons. The summed E-state index contributed by atoms with van der Waals surface area (Å²) in [6.07, 6.45) is 0. The van der Waals surface area contributed by atoms with E-state index in [4.69, 9.17) is 4.74 Å². The summed E-state index contributed by atoms with van der Waals surface area (Å²) >= 11 is 1.41. The Hall–Kier alpha value is -2.84. The van der Waals surface area contributed by atoms with Gasteiger partial charge in [-0.05, 0) is 37.6 Å². The van der Waals surface area contributed by atoms with Crippen molar-refractivity contribution in [2.45, 2.75) is 20.4 Å². The first kappa shape index (κ1) is 18.9. The van der Waals surface area contributed by atoms with Gasteiger partial charge in [0.1, 0.15) is 0 Å². The van der Waals surface area contributed by atoms with Crippen molar-refractivity contribution in [1.82, 2.24) is 4.57 Å². The van der Waals surface area contributed by atoms with Crippen LogP contribution in [0.1, 0.15) is 21.5 Å². The van der Waals surface area contributed by atoms with Crippen LogP contribution in [0.15, 0.2) is 41.4 Å². The second-order valence-corrected chi connectivity index (χ2v) is 7.18. The van der Waals surface area contributed by atoms with Crippen LogP contribution in [0.25, 0.3) is 10.2 Å². The minimum atomic E-state index is -0.507. The van der Waals surface area contributed by atoms with Crippen molar-refractivity contribution in [2.75, 3.05) is 13.7 Å². The fraction of sp³-hybridized carbons (Fsp3) is 0.263. The minimum Gasteiger partial charge on any atom is -0.383 e. The fourth-order valence-corrected chi connectivity index (χ4v) is 3.91. The Morgan fingerprint density at radius 1 is 1.26 bits per heavy atom. The van der Waals surface area contributed by atoms with Crippen molar-refractivity contribution in [3.8, 4) is 0 Å². The van der Waals surface area contributed by atoms with Gasteiger partial charge in [-0.25, -0.2) is 0 Å². The normalized spacial score (nSPS) is 11.9. The number of aromatic nitrogens is 1. The molecule has 1 amide bonds. The molecule has 27 heavy (non-hydrogen) atoms. The van der Waals surface area contributed by atoms with Crippen LogP contribution in [-0.2, 0) is 11.3 Å². The van der Waals surface area contributed by atoms with Crippen molar-refractivity contribution in [1.29, 1.82) is 0 Å². The van der Waals surface area contributed by atoms with E-state index in [0.29, 0.717) is 23.5 Å². The molecule has 2 aromatic carbocycles. The molecule has 0 unspecified atom stereocenters. The molecule has 0 bridgehead atoms. The van der Waals surface area contributed by atoms with E-state index in [-0.39, 0.29) is 11.3 Å². The smallest absolute Gasteiger partial charge is 0.279 e. The van der Waals surface area contributed by atoms with Crippen molar-refractivity contribution >= 4 is 33.1 Å². The number of hydrogen-bond acceptors (Lipinski definition) is 5. The molecule has 0 saturated heterocycles. The van der Waals surface area contributed by atoms with Crippen LogP contribution >= 0.6 is 11.3 Å². The molecule has 1 aromatic heterocycles. The van der Waals surface area contributed by atoms with Gasteiger partial charge in [0.25, 0.3) is 11.6 Å². The molecule has 0 atom stereocenters. The van der Waals surface area contributed by atoms with Gasteiger partial charge in [-0.2, -0.15) is 4.99 Å². The van der Waals surface area contributed by atoms with Gasteiger partial charge in [-0.1, -0.05) is 23.5 Å². The molecular formula is C19H19N3O4S. The van der Waals surface area contributed by atoms with E-state index in [9.17, 15) is 14.9 Å². The number of nitro benzene ring substituents is 1. The lowest BCUT2D eigenvalue weighted by molar-refractivity contribution is -0.385. The average molecular weight is 385 g/mol. The highest BCUT2D eigenvalue weighted by Crippen LogP contribution is 2.21. The van der Waals surface area contributed by atoms with Crippen LogP contribution < -0.4 is 4.80 Å². The highest BCUT2D eigenvalue weighted by Gasteiger charge is 2.15. The summed E-state index contributed by atoms with van der Waals surface area (Å²) in [4.78, 5) is 28.1. The number of amides is 1. The third-order valence-electron chi connectivity index (χ3n) is 4.21. The van der Waals surface area contributed by atoms with E-state index in [1.165, 1.54) is 17.4 Å². The zero-order chi connectivity index (χ0) is 19.6. The van der Waals surface area contributed by atoms with E-state index in [0.717, 1.165) is 15.8 Å². The van der Waals surface area contributed by atoms with Crippen molar-refractivity contribution in [3.05, 3.63) is 68.0 Å². The average Bonchev–Trinajstić information content (AvgIpc) is 2.95. The van der Waals surface area contributed by atoms with Crippen molar-refractivity contribution < 1.29 is 14.5 Å². The Labute approximate surface area is 159 Å². The first-order valence-corrected chi connectivity index (χ1v) is 9.15.